The molecule has 1 saturated heterocycles. The third-order valence-corrected chi connectivity index (χ3v) is 4.37. The number of rotatable bonds is 7. The summed E-state index contributed by atoms with van der Waals surface area (Å²) in [6.45, 7) is 3.17. The van der Waals surface area contributed by atoms with Crippen molar-refractivity contribution in [1.82, 2.24) is 20.7 Å². The van der Waals surface area contributed by atoms with Crippen LogP contribution in [0.2, 0.25) is 0 Å². The molecule has 1 aromatic carbocycles. The Labute approximate surface area is 156 Å². The van der Waals surface area contributed by atoms with Crippen molar-refractivity contribution in [2.24, 2.45) is 5.92 Å². The molecule has 0 spiro atoms. The van der Waals surface area contributed by atoms with E-state index >= 15 is 0 Å². The van der Waals surface area contributed by atoms with Crippen LogP contribution in [-0.4, -0.2) is 47.4 Å². The second-order valence-electron chi connectivity index (χ2n) is 6.53. The molecule has 2 aromatic rings. The summed E-state index contributed by atoms with van der Waals surface area (Å²) in [7, 11) is 0. The molecule has 3 amide bonds. The van der Waals surface area contributed by atoms with Crippen LogP contribution >= 0.6 is 0 Å². The Hall–Kier alpha value is -3.16. The molecule has 2 N–H and O–H groups in total. The van der Waals surface area contributed by atoms with Crippen LogP contribution in [0.4, 0.5) is 0 Å². The predicted molar refractivity (Wildman–Crippen MR) is 96.5 cm³/mol. The minimum Gasteiger partial charge on any atom is -0.361 e. The number of carbonyl (C=O) groups excluding carboxylic acids is 3. The fourth-order valence-electron chi connectivity index (χ4n) is 2.97. The van der Waals surface area contributed by atoms with Crippen molar-refractivity contribution >= 4 is 17.7 Å². The van der Waals surface area contributed by atoms with Crippen molar-refractivity contribution in [3.05, 3.63) is 53.4 Å². The average Bonchev–Trinajstić information content (AvgIpc) is 3.25. The second kappa shape index (κ2) is 8.48. The molecular weight excluding hydrogens is 348 g/mol. The summed E-state index contributed by atoms with van der Waals surface area (Å²) in [5.41, 5.74) is 1.24. The molecule has 1 unspecified atom stereocenters. The van der Waals surface area contributed by atoms with Gasteiger partial charge in [-0.15, -0.1) is 0 Å². The van der Waals surface area contributed by atoms with Gasteiger partial charge in [-0.25, -0.2) is 0 Å². The fraction of sp³-hybridized carbons (Fsp3) is 0.368. The van der Waals surface area contributed by atoms with E-state index in [1.54, 1.807) is 17.9 Å². The van der Waals surface area contributed by atoms with Gasteiger partial charge in [0.2, 0.25) is 11.8 Å². The molecule has 0 bridgehead atoms. The van der Waals surface area contributed by atoms with Gasteiger partial charge in [0, 0.05) is 38.7 Å². The van der Waals surface area contributed by atoms with Crippen molar-refractivity contribution in [3.63, 3.8) is 0 Å². The Morgan fingerprint density at radius 1 is 1.22 bits per heavy atom. The lowest BCUT2D eigenvalue weighted by molar-refractivity contribution is -0.129. The van der Waals surface area contributed by atoms with Gasteiger partial charge in [-0.2, -0.15) is 0 Å². The average molecular weight is 370 g/mol. The molecule has 1 aliphatic rings. The van der Waals surface area contributed by atoms with Gasteiger partial charge in [-0.3, -0.25) is 14.4 Å². The number of amides is 3. The lowest BCUT2D eigenvalue weighted by Crippen LogP contribution is -2.38. The van der Waals surface area contributed by atoms with Gasteiger partial charge in [0.15, 0.2) is 5.69 Å². The van der Waals surface area contributed by atoms with E-state index in [9.17, 15) is 14.4 Å². The van der Waals surface area contributed by atoms with Gasteiger partial charge >= 0.3 is 0 Å². The number of aryl methyl sites for hydroxylation is 1. The largest absolute Gasteiger partial charge is 0.361 e. The van der Waals surface area contributed by atoms with Gasteiger partial charge in [-0.1, -0.05) is 35.5 Å². The van der Waals surface area contributed by atoms with Crippen LogP contribution < -0.4 is 10.6 Å². The molecule has 1 aromatic heterocycles. The molecule has 3 rings (SSSR count). The van der Waals surface area contributed by atoms with Crippen LogP contribution in [-0.2, 0) is 16.1 Å². The van der Waals surface area contributed by atoms with E-state index in [0.717, 1.165) is 5.56 Å². The Kier molecular flexibility index (Phi) is 5.85. The second-order valence-corrected chi connectivity index (χ2v) is 6.53. The lowest BCUT2D eigenvalue weighted by atomic mass is 10.1. The van der Waals surface area contributed by atoms with E-state index < -0.39 is 0 Å². The van der Waals surface area contributed by atoms with E-state index in [1.807, 2.05) is 30.3 Å². The van der Waals surface area contributed by atoms with Crippen molar-refractivity contribution in [1.29, 1.82) is 0 Å². The molecule has 0 saturated carbocycles. The number of nitrogens with one attached hydrogen (secondary N) is 2. The molecule has 1 atom stereocenters. The zero-order valence-electron chi connectivity index (χ0n) is 15.1. The molecule has 8 heteroatoms. The third kappa shape index (κ3) is 4.93. The highest BCUT2D eigenvalue weighted by Gasteiger charge is 2.33. The molecule has 1 aliphatic heterocycles. The number of hydrogen-bond acceptors (Lipinski definition) is 5. The summed E-state index contributed by atoms with van der Waals surface area (Å²) < 4.78 is 4.84. The van der Waals surface area contributed by atoms with E-state index in [2.05, 4.69) is 15.8 Å². The van der Waals surface area contributed by atoms with Crippen LogP contribution in [0.25, 0.3) is 0 Å². The highest BCUT2D eigenvalue weighted by molar-refractivity contribution is 5.92. The Balaban J connectivity index is 1.39. The highest BCUT2D eigenvalue weighted by atomic mass is 16.5. The quantitative estimate of drug-likeness (QED) is 0.704. The summed E-state index contributed by atoms with van der Waals surface area (Å²) in [6.07, 6.45) is 0.212. The number of benzene rings is 1. The molecule has 142 valence electrons. The molecular formula is C19H22N4O4. The number of nitrogens with zero attached hydrogens (tertiary/aromatic N) is 2. The van der Waals surface area contributed by atoms with E-state index in [4.69, 9.17) is 4.52 Å². The maximum Gasteiger partial charge on any atom is 0.273 e. The van der Waals surface area contributed by atoms with Crippen LogP contribution in [0.3, 0.4) is 0 Å². The zero-order valence-corrected chi connectivity index (χ0v) is 15.1. The van der Waals surface area contributed by atoms with Crippen LogP contribution in [0, 0.1) is 12.8 Å². The third-order valence-electron chi connectivity index (χ3n) is 4.37. The summed E-state index contributed by atoms with van der Waals surface area (Å²) in [5, 5.41) is 9.05. The number of carbonyl (C=O) groups is 3. The first-order valence-electron chi connectivity index (χ1n) is 8.84. The standard InChI is InChI=1S/C19H22N4O4/c1-13-9-16(22-27-13)19(26)21-8-7-20-18(25)15-10-17(24)23(12-15)11-14-5-3-2-4-6-14/h2-6,9,15H,7-8,10-12H2,1H3,(H,20,25)(H,21,26). The monoisotopic (exact) mass is 370 g/mol. The first-order valence-corrected chi connectivity index (χ1v) is 8.84. The molecule has 1 fully saturated rings. The number of aromatic nitrogens is 1. The molecule has 0 radical (unpaired) electrons. The number of likely N-dealkylation sites (tertiary alicyclic amines) is 1. The Morgan fingerprint density at radius 2 is 1.96 bits per heavy atom. The summed E-state index contributed by atoms with van der Waals surface area (Å²) in [4.78, 5) is 37.9. The van der Waals surface area contributed by atoms with Crippen LogP contribution in [0.5, 0.6) is 0 Å². The minimum atomic E-state index is -0.366. The van der Waals surface area contributed by atoms with Gasteiger partial charge < -0.3 is 20.1 Å². The van der Waals surface area contributed by atoms with Gasteiger partial charge in [-0.05, 0) is 12.5 Å². The Bertz CT molecular complexity index is 818. The van der Waals surface area contributed by atoms with Crippen molar-refractivity contribution in [3.8, 4) is 0 Å². The zero-order chi connectivity index (χ0) is 19.2. The summed E-state index contributed by atoms with van der Waals surface area (Å²) in [5.74, 6) is -0.361. The minimum absolute atomic E-state index is 0.0197. The topological polar surface area (TPSA) is 105 Å². The summed E-state index contributed by atoms with van der Waals surface area (Å²) >= 11 is 0. The van der Waals surface area contributed by atoms with E-state index in [1.165, 1.54) is 0 Å². The van der Waals surface area contributed by atoms with Gasteiger partial charge in [0.25, 0.3) is 5.91 Å². The van der Waals surface area contributed by atoms with Crippen molar-refractivity contribution in [2.45, 2.75) is 19.9 Å². The molecule has 0 aliphatic carbocycles. The molecule has 27 heavy (non-hydrogen) atoms. The molecule has 2 heterocycles. The SMILES string of the molecule is Cc1cc(C(=O)NCCNC(=O)C2CC(=O)N(Cc3ccccc3)C2)no1. The first-order chi connectivity index (χ1) is 13.0. The van der Waals surface area contributed by atoms with Gasteiger partial charge in [0.05, 0.1) is 5.92 Å². The Morgan fingerprint density at radius 3 is 2.67 bits per heavy atom. The summed E-state index contributed by atoms with van der Waals surface area (Å²) in [6, 6.07) is 11.2. The smallest absolute Gasteiger partial charge is 0.273 e. The normalized spacial score (nSPS) is 16.4. The van der Waals surface area contributed by atoms with Crippen molar-refractivity contribution in [2.75, 3.05) is 19.6 Å². The maximum absolute atomic E-state index is 12.3. The molecule has 8 nitrogen and oxygen atoms in total. The maximum atomic E-state index is 12.3. The number of hydrogen-bond donors (Lipinski definition) is 2. The van der Waals surface area contributed by atoms with Crippen LogP contribution in [0.15, 0.2) is 40.9 Å². The fourth-order valence-corrected chi connectivity index (χ4v) is 2.97. The predicted octanol–water partition coefficient (Wildman–Crippen LogP) is 0.878. The highest BCUT2D eigenvalue weighted by Crippen LogP contribution is 2.20. The van der Waals surface area contributed by atoms with E-state index in [0.29, 0.717) is 18.8 Å². The van der Waals surface area contributed by atoms with Crippen LogP contribution in [0.1, 0.15) is 28.2 Å². The first kappa shape index (κ1) is 18.6. The lowest BCUT2D eigenvalue weighted by Gasteiger charge is -2.16. The van der Waals surface area contributed by atoms with Crippen molar-refractivity contribution < 1.29 is 18.9 Å². The van der Waals surface area contributed by atoms with Gasteiger partial charge in [0.1, 0.15) is 5.76 Å². The van der Waals surface area contributed by atoms with E-state index in [-0.39, 0.29) is 48.8 Å².